The minimum absolute atomic E-state index is 0.717. The van der Waals surface area contributed by atoms with E-state index >= 15 is 0 Å². The molecule has 0 aliphatic carbocycles. The number of benzene rings is 1. The van der Waals surface area contributed by atoms with Crippen LogP contribution in [0.3, 0.4) is 0 Å². The van der Waals surface area contributed by atoms with Gasteiger partial charge in [-0.2, -0.15) is 0 Å². The molecule has 0 aliphatic heterocycles. The lowest BCUT2D eigenvalue weighted by Crippen LogP contribution is -2.04. The van der Waals surface area contributed by atoms with Gasteiger partial charge in [0.15, 0.2) is 0 Å². The lowest BCUT2D eigenvalue weighted by atomic mass is 9.99. The van der Waals surface area contributed by atoms with E-state index in [0.717, 1.165) is 16.7 Å². The van der Waals surface area contributed by atoms with E-state index in [1.807, 2.05) is 32.0 Å². The summed E-state index contributed by atoms with van der Waals surface area (Å²) < 4.78 is 12.2. The fraction of sp³-hybridized carbons (Fsp3) is 0.400. The summed E-state index contributed by atoms with van der Waals surface area (Å²) in [7, 11) is 0. The highest BCUT2D eigenvalue weighted by atomic mass is 19.1. The molecule has 0 spiro atoms. The van der Waals surface area contributed by atoms with Crippen LogP contribution in [0.15, 0.2) is 18.2 Å². The van der Waals surface area contributed by atoms with Crippen LogP contribution in [0.2, 0.25) is 0 Å². The van der Waals surface area contributed by atoms with Crippen LogP contribution in [0.25, 0.3) is 0 Å². The van der Waals surface area contributed by atoms with Crippen LogP contribution < -0.4 is 0 Å². The van der Waals surface area contributed by atoms with Crippen molar-refractivity contribution in [3.05, 3.63) is 34.9 Å². The van der Waals surface area contributed by atoms with E-state index in [0.29, 0.717) is 0 Å². The molecule has 66 valence electrons. The zero-order chi connectivity index (χ0) is 9.14. The Bertz CT molecular complexity index is 250. The average molecular weight is 168 g/mol. The topological polar surface area (TPSA) is 20.2 Å². The highest BCUT2D eigenvalue weighted by Gasteiger charge is 2.11. The third-order valence-corrected chi connectivity index (χ3v) is 2.02. The summed E-state index contributed by atoms with van der Waals surface area (Å²) in [6, 6.07) is 5.65. The number of aryl methyl sites for hydroxylation is 2. The SMILES string of the molecule is Cc1cccc(C)c1C(O)CF. The van der Waals surface area contributed by atoms with Crippen molar-refractivity contribution in [1.29, 1.82) is 0 Å². The van der Waals surface area contributed by atoms with Crippen LogP contribution in [0.5, 0.6) is 0 Å². The number of hydrogen-bond acceptors (Lipinski definition) is 1. The molecule has 0 aromatic heterocycles. The number of rotatable bonds is 2. The van der Waals surface area contributed by atoms with Crippen LogP contribution in [0.4, 0.5) is 4.39 Å². The summed E-state index contributed by atoms with van der Waals surface area (Å²) in [4.78, 5) is 0. The quantitative estimate of drug-likeness (QED) is 0.718. The molecule has 0 radical (unpaired) electrons. The molecule has 2 heteroatoms. The minimum atomic E-state index is -0.966. The highest BCUT2D eigenvalue weighted by Crippen LogP contribution is 2.21. The van der Waals surface area contributed by atoms with Gasteiger partial charge in [-0.1, -0.05) is 18.2 Å². The first-order valence-corrected chi connectivity index (χ1v) is 3.97. The molecule has 0 saturated heterocycles. The summed E-state index contributed by atoms with van der Waals surface area (Å²) in [5.74, 6) is 0. The van der Waals surface area contributed by atoms with Crippen LogP contribution in [-0.2, 0) is 0 Å². The first kappa shape index (κ1) is 9.20. The Morgan fingerprint density at radius 2 is 1.83 bits per heavy atom. The van der Waals surface area contributed by atoms with Crippen molar-refractivity contribution < 1.29 is 9.50 Å². The van der Waals surface area contributed by atoms with Crippen molar-refractivity contribution in [2.75, 3.05) is 6.67 Å². The second-order valence-corrected chi connectivity index (χ2v) is 2.98. The summed E-state index contributed by atoms with van der Waals surface area (Å²) >= 11 is 0. The molecule has 0 aliphatic rings. The van der Waals surface area contributed by atoms with Gasteiger partial charge in [-0.3, -0.25) is 0 Å². The normalized spacial score (nSPS) is 13.0. The van der Waals surface area contributed by atoms with E-state index in [1.54, 1.807) is 0 Å². The minimum Gasteiger partial charge on any atom is -0.386 e. The second-order valence-electron chi connectivity index (χ2n) is 2.98. The maximum atomic E-state index is 12.2. The van der Waals surface area contributed by atoms with Crippen molar-refractivity contribution in [3.63, 3.8) is 0 Å². The van der Waals surface area contributed by atoms with E-state index in [1.165, 1.54) is 0 Å². The predicted molar refractivity (Wildman–Crippen MR) is 46.9 cm³/mol. The second kappa shape index (κ2) is 3.68. The summed E-state index contributed by atoms with van der Waals surface area (Å²) in [5.41, 5.74) is 2.61. The summed E-state index contributed by atoms with van der Waals surface area (Å²) in [5, 5.41) is 9.32. The molecule has 0 saturated carbocycles. The van der Waals surface area contributed by atoms with Crippen LogP contribution >= 0.6 is 0 Å². The van der Waals surface area contributed by atoms with Gasteiger partial charge < -0.3 is 5.11 Å². The maximum absolute atomic E-state index is 12.2. The average Bonchev–Trinajstić information content (AvgIpc) is 2.03. The smallest absolute Gasteiger partial charge is 0.119 e. The van der Waals surface area contributed by atoms with Gasteiger partial charge in [0.25, 0.3) is 0 Å². The first-order valence-electron chi connectivity index (χ1n) is 3.97. The van der Waals surface area contributed by atoms with Gasteiger partial charge in [0.2, 0.25) is 0 Å². The Hall–Kier alpha value is -0.890. The number of alkyl halides is 1. The Morgan fingerprint density at radius 1 is 1.33 bits per heavy atom. The van der Waals surface area contributed by atoms with Gasteiger partial charge in [-0.25, -0.2) is 4.39 Å². The van der Waals surface area contributed by atoms with Crippen LogP contribution in [-0.4, -0.2) is 11.8 Å². The zero-order valence-electron chi connectivity index (χ0n) is 7.34. The molecule has 1 aromatic carbocycles. The molecule has 0 heterocycles. The van der Waals surface area contributed by atoms with E-state index in [2.05, 4.69) is 0 Å². The Labute approximate surface area is 71.9 Å². The zero-order valence-corrected chi connectivity index (χ0v) is 7.34. The number of aliphatic hydroxyl groups is 1. The largest absolute Gasteiger partial charge is 0.386 e. The molecule has 1 aromatic rings. The number of halogens is 1. The summed E-state index contributed by atoms with van der Waals surface area (Å²) in [6.45, 7) is 3.04. The van der Waals surface area contributed by atoms with Crippen LogP contribution in [0, 0.1) is 13.8 Å². The molecule has 1 atom stereocenters. The lowest BCUT2D eigenvalue weighted by Gasteiger charge is -2.12. The standard InChI is InChI=1S/C10H13FO/c1-7-4-3-5-8(2)10(7)9(12)6-11/h3-5,9,12H,6H2,1-2H3. The molecule has 1 rings (SSSR count). The van der Waals surface area contributed by atoms with Crippen molar-refractivity contribution in [2.45, 2.75) is 20.0 Å². The first-order chi connectivity index (χ1) is 5.66. The third-order valence-electron chi connectivity index (χ3n) is 2.02. The molecular formula is C10H13FO. The molecule has 0 amide bonds. The molecule has 1 unspecified atom stereocenters. The van der Waals surface area contributed by atoms with Gasteiger partial charge in [0, 0.05) is 0 Å². The lowest BCUT2D eigenvalue weighted by molar-refractivity contribution is 0.140. The number of hydrogen-bond donors (Lipinski definition) is 1. The maximum Gasteiger partial charge on any atom is 0.119 e. The van der Waals surface area contributed by atoms with Gasteiger partial charge in [0.05, 0.1) is 0 Å². The van der Waals surface area contributed by atoms with Crippen molar-refractivity contribution in [1.82, 2.24) is 0 Å². The fourth-order valence-corrected chi connectivity index (χ4v) is 1.43. The monoisotopic (exact) mass is 168 g/mol. The van der Waals surface area contributed by atoms with Crippen molar-refractivity contribution in [3.8, 4) is 0 Å². The molecule has 0 bridgehead atoms. The van der Waals surface area contributed by atoms with Gasteiger partial charge in [-0.15, -0.1) is 0 Å². The molecule has 12 heavy (non-hydrogen) atoms. The van der Waals surface area contributed by atoms with E-state index < -0.39 is 12.8 Å². The summed E-state index contributed by atoms with van der Waals surface area (Å²) in [6.07, 6.45) is -0.966. The molecule has 1 nitrogen and oxygen atoms in total. The number of aliphatic hydroxyl groups excluding tert-OH is 1. The van der Waals surface area contributed by atoms with E-state index in [9.17, 15) is 9.50 Å². The van der Waals surface area contributed by atoms with Gasteiger partial charge in [-0.05, 0) is 30.5 Å². The third kappa shape index (κ3) is 1.64. The fourth-order valence-electron chi connectivity index (χ4n) is 1.43. The van der Waals surface area contributed by atoms with Gasteiger partial charge >= 0.3 is 0 Å². The predicted octanol–water partition coefficient (Wildman–Crippen LogP) is 2.31. The van der Waals surface area contributed by atoms with Gasteiger partial charge in [0.1, 0.15) is 12.8 Å². The Balaban J connectivity index is 3.12. The van der Waals surface area contributed by atoms with E-state index in [4.69, 9.17) is 0 Å². The van der Waals surface area contributed by atoms with E-state index in [-0.39, 0.29) is 0 Å². The Morgan fingerprint density at radius 3 is 2.25 bits per heavy atom. The molecular weight excluding hydrogens is 155 g/mol. The molecule has 0 fully saturated rings. The highest BCUT2D eigenvalue weighted by molar-refractivity contribution is 5.35. The molecule has 1 N–H and O–H groups in total. The Kier molecular flexibility index (Phi) is 2.82. The van der Waals surface area contributed by atoms with Crippen molar-refractivity contribution in [2.24, 2.45) is 0 Å². The van der Waals surface area contributed by atoms with Crippen LogP contribution in [0.1, 0.15) is 22.8 Å². The van der Waals surface area contributed by atoms with Crippen molar-refractivity contribution >= 4 is 0 Å².